The van der Waals surface area contributed by atoms with Gasteiger partial charge in [0, 0.05) is 12.2 Å². The van der Waals surface area contributed by atoms with E-state index in [1.165, 1.54) is 16.2 Å². The van der Waals surface area contributed by atoms with Crippen molar-refractivity contribution in [2.45, 2.75) is 19.8 Å². The van der Waals surface area contributed by atoms with Crippen LogP contribution in [-0.2, 0) is 11.2 Å². The van der Waals surface area contributed by atoms with E-state index in [4.69, 9.17) is 4.74 Å². The van der Waals surface area contributed by atoms with E-state index in [1.54, 1.807) is 0 Å². The van der Waals surface area contributed by atoms with Gasteiger partial charge >= 0.3 is 0 Å². The van der Waals surface area contributed by atoms with Crippen LogP contribution in [0.5, 0.6) is 5.75 Å². The monoisotopic (exact) mass is 380 g/mol. The predicted molar refractivity (Wildman–Crippen MR) is 113 cm³/mol. The number of carbonyl (C=O) groups excluding carboxylic acids is 1. The molecule has 0 spiro atoms. The van der Waals surface area contributed by atoms with Crippen LogP contribution in [0.4, 0.5) is 11.4 Å². The second kappa shape index (κ2) is 8.65. The number of ether oxygens (including phenoxy) is 1. The number of rotatable bonds is 5. The molecule has 1 saturated heterocycles. The summed E-state index contributed by atoms with van der Waals surface area (Å²) in [6.07, 6.45) is 2.13. The van der Waals surface area contributed by atoms with Crippen LogP contribution in [0.15, 0.2) is 48.5 Å². The van der Waals surface area contributed by atoms with Crippen LogP contribution in [0, 0.1) is 0 Å². The van der Waals surface area contributed by atoms with Crippen molar-refractivity contribution in [1.82, 2.24) is 0 Å². The van der Waals surface area contributed by atoms with Crippen molar-refractivity contribution in [3.05, 3.63) is 54.1 Å². The van der Waals surface area contributed by atoms with Crippen molar-refractivity contribution in [2.75, 3.05) is 55.7 Å². The van der Waals surface area contributed by atoms with Gasteiger partial charge in [0.15, 0.2) is 6.54 Å². The summed E-state index contributed by atoms with van der Waals surface area (Å²) in [4.78, 5) is 18.8. The van der Waals surface area contributed by atoms with Gasteiger partial charge in [-0.1, -0.05) is 30.3 Å². The lowest BCUT2D eigenvalue weighted by Gasteiger charge is -2.35. The molecule has 1 amide bonds. The van der Waals surface area contributed by atoms with E-state index >= 15 is 0 Å². The Balaban J connectivity index is 1.36. The number of nitrogens with one attached hydrogen (secondary N) is 1. The molecule has 0 unspecified atom stereocenters. The Morgan fingerprint density at radius 3 is 2.50 bits per heavy atom. The van der Waals surface area contributed by atoms with Crippen molar-refractivity contribution < 1.29 is 14.4 Å². The summed E-state index contributed by atoms with van der Waals surface area (Å²) in [5.74, 6) is 1.21. The molecule has 0 aliphatic carbocycles. The molecule has 2 aliphatic rings. The molecule has 0 radical (unpaired) electrons. The van der Waals surface area contributed by atoms with Gasteiger partial charge in [-0.2, -0.15) is 0 Å². The third-order valence-corrected chi connectivity index (χ3v) is 5.79. The highest BCUT2D eigenvalue weighted by Crippen LogP contribution is 2.28. The number of benzene rings is 2. The average Bonchev–Trinajstić information content (AvgIpc) is 2.74. The highest BCUT2D eigenvalue weighted by atomic mass is 16.5. The molecular formula is C23H30N3O2+. The van der Waals surface area contributed by atoms with Crippen LogP contribution in [-0.4, -0.2) is 51.8 Å². The van der Waals surface area contributed by atoms with Gasteiger partial charge in [0.2, 0.25) is 0 Å². The van der Waals surface area contributed by atoms with Crippen molar-refractivity contribution in [1.29, 1.82) is 0 Å². The van der Waals surface area contributed by atoms with Crippen molar-refractivity contribution in [3.63, 3.8) is 0 Å². The maximum Gasteiger partial charge on any atom is 0.282 e. The Kier molecular flexibility index (Phi) is 5.81. The fourth-order valence-electron chi connectivity index (χ4n) is 4.34. The van der Waals surface area contributed by atoms with Crippen LogP contribution in [0.1, 0.15) is 18.9 Å². The smallest absolute Gasteiger partial charge is 0.282 e. The van der Waals surface area contributed by atoms with Crippen molar-refractivity contribution >= 4 is 17.3 Å². The SMILES string of the molecule is CCOc1ccccc1N1CC[NH+](CC(=O)N2CCCc3ccccc32)CC1. The van der Waals surface area contributed by atoms with Crippen LogP contribution in [0.3, 0.4) is 0 Å². The summed E-state index contributed by atoms with van der Waals surface area (Å²) in [6, 6.07) is 16.6. The molecule has 2 aromatic rings. The van der Waals surface area contributed by atoms with Gasteiger partial charge in [-0.15, -0.1) is 0 Å². The Morgan fingerprint density at radius 1 is 1.00 bits per heavy atom. The molecule has 28 heavy (non-hydrogen) atoms. The number of piperazine rings is 1. The number of fused-ring (bicyclic) bond motifs is 1. The normalized spacial score (nSPS) is 17.3. The number of nitrogens with zero attached hydrogens (tertiary/aromatic N) is 2. The summed E-state index contributed by atoms with van der Waals surface area (Å²) < 4.78 is 5.78. The average molecular weight is 381 g/mol. The largest absolute Gasteiger partial charge is 0.492 e. The highest BCUT2D eigenvalue weighted by Gasteiger charge is 2.28. The molecule has 1 fully saturated rings. The minimum absolute atomic E-state index is 0.255. The van der Waals surface area contributed by atoms with Crippen molar-refractivity contribution in [2.24, 2.45) is 0 Å². The van der Waals surface area contributed by atoms with E-state index in [1.807, 2.05) is 30.0 Å². The molecule has 5 nitrogen and oxygen atoms in total. The Labute approximate surface area is 167 Å². The van der Waals surface area contributed by atoms with Gasteiger partial charge in [0.25, 0.3) is 5.91 Å². The minimum Gasteiger partial charge on any atom is -0.492 e. The first-order chi connectivity index (χ1) is 13.8. The predicted octanol–water partition coefficient (Wildman–Crippen LogP) is 1.77. The second-order valence-corrected chi connectivity index (χ2v) is 7.59. The fourth-order valence-corrected chi connectivity index (χ4v) is 4.34. The first kappa shape index (κ1) is 18.8. The summed E-state index contributed by atoms with van der Waals surface area (Å²) >= 11 is 0. The first-order valence-corrected chi connectivity index (χ1v) is 10.4. The number of amides is 1. The summed E-state index contributed by atoms with van der Waals surface area (Å²) in [5.41, 5.74) is 3.58. The molecule has 5 heteroatoms. The van der Waals surface area contributed by atoms with Crippen LogP contribution < -0.4 is 19.4 Å². The van der Waals surface area contributed by atoms with E-state index < -0.39 is 0 Å². The zero-order valence-electron chi connectivity index (χ0n) is 16.7. The lowest BCUT2D eigenvalue weighted by atomic mass is 10.0. The van der Waals surface area contributed by atoms with Crippen LogP contribution >= 0.6 is 0 Å². The topological polar surface area (TPSA) is 37.2 Å². The fraction of sp³-hybridized carbons (Fsp3) is 0.435. The molecule has 2 heterocycles. The number of anilines is 2. The maximum absolute atomic E-state index is 13.0. The number of aryl methyl sites for hydroxylation is 1. The molecule has 1 N–H and O–H groups in total. The quantitative estimate of drug-likeness (QED) is 0.859. The molecule has 0 bridgehead atoms. The number of hydrogen-bond donors (Lipinski definition) is 1. The first-order valence-electron chi connectivity index (χ1n) is 10.4. The van der Waals surface area contributed by atoms with Gasteiger partial charge < -0.3 is 19.4 Å². The zero-order chi connectivity index (χ0) is 19.3. The number of quaternary nitrogens is 1. The lowest BCUT2D eigenvalue weighted by molar-refractivity contribution is -0.892. The van der Waals surface area contributed by atoms with E-state index in [9.17, 15) is 4.79 Å². The van der Waals surface area contributed by atoms with E-state index in [2.05, 4.69) is 35.2 Å². The van der Waals surface area contributed by atoms with Gasteiger partial charge in [-0.3, -0.25) is 4.79 Å². The molecule has 2 aliphatic heterocycles. The molecule has 0 aromatic heterocycles. The Bertz CT molecular complexity index is 815. The van der Waals surface area contributed by atoms with Crippen LogP contribution in [0.25, 0.3) is 0 Å². The van der Waals surface area contributed by atoms with E-state index in [0.717, 1.165) is 57.0 Å². The van der Waals surface area contributed by atoms with Gasteiger partial charge in [-0.05, 0) is 43.5 Å². The minimum atomic E-state index is 0.255. The third-order valence-electron chi connectivity index (χ3n) is 5.79. The third kappa shape index (κ3) is 3.99. The molecule has 4 rings (SSSR count). The molecule has 0 saturated carbocycles. The summed E-state index contributed by atoms with van der Waals surface area (Å²) in [6.45, 7) is 7.96. The van der Waals surface area contributed by atoms with Gasteiger partial charge in [-0.25, -0.2) is 0 Å². The number of carbonyl (C=O) groups is 1. The Morgan fingerprint density at radius 2 is 1.71 bits per heavy atom. The van der Waals surface area contributed by atoms with Crippen LogP contribution in [0.2, 0.25) is 0 Å². The summed E-state index contributed by atoms with van der Waals surface area (Å²) in [7, 11) is 0. The Hall–Kier alpha value is -2.53. The van der Waals surface area contributed by atoms with Gasteiger partial charge in [0.1, 0.15) is 5.75 Å². The number of para-hydroxylation sites is 3. The lowest BCUT2D eigenvalue weighted by Crippen LogP contribution is -3.16. The molecule has 2 aromatic carbocycles. The number of hydrogen-bond acceptors (Lipinski definition) is 3. The molecule has 148 valence electrons. The molecular weight excluding hydrogens is 350 g/mol. The maximum atomic E-state index is 13.0. The van der Waals surface area contributed by atoms with E-state index in [0.29, 0.717) is 13.2 Å². The van der Waals surface area contributed by atoms with Crippen molar-refractivity contribution in [3.8, 4) is 5.75 Å². The second-order valence-electron chi connectivity index (χ2n) is 7.59. The zero-order valence-corrected chi connectivity index (χ0v) is 16.7. The molecule has 0 atom stereocenters. The van der Waals surface area contributed by atoms with Gasteiger partial charge in [0.05, 0.1) is 38.5 Å². The standard InChI is InChI=1S/C23H29N3O2/c1-2-28-22-12-6-5-11-21(22)25-16-14-24(15-17-25)18-23(27)26-13-7-9-19-8-3-4-10-20(19)26/h3-6,8,10-12H,2,7,9,13-18H2,1H3/p+1. The summed E-state index contributed by atoms with van der Waals surface area (Å²) in [5, 5.41) is 0. The highest BCUT2D eigenvalue weighted by molar-refractivity contribution is 5.95. The van der Waals surface area contributed by atoms with E-state index in [-0.39, 0.29) is 5.91 Å².